The molecular weight excluding hydrogens is 683 g/mol. The molecule has 0 unspecified atom stereocenters. The Morgan fingerprint density at radius 2 is 1.55 bits per heavy atom. The third kappa shape index (κ3) is 9.09. The smallest absolute Gasteiger partial charge is 0.355 e. The number of carbonyl (C=O) groups is 3. The quantitative estimate of drug-likeness (QED) is 0.121. The summed E-state index contributed by atoms with van der Waals surface area (Å²) in [6, 6.07) is 17.0. The van der Waals surface area contributed by atoms with E-state index in [1.54, 1.807) is 55.5 Å². The van der Waals surface area contributed by atoms with Gasteiger partial charge in [-0.05, 0) is 111 Å². The molecule has 3 amide bonds. The van der Waals surface area contributed by atoms with E-state index in [-0.39, 0.29) is 17.8 Å². The number of alkyl halides is 3. The lowest BCUT2D eigenvalue weighted by Gasteiger charge is -2.22. The number of aromatic nitrogens is 2. The number of benzene rings is 3. The van der Waals surface area contributed by atoms with Gasteiger partial charge in [-0.25, -0.2) is 9.97 Å². The standard InChI is InChI=1S/C40H40F3N7O3/c1-3-35(51)50-19-9-16-34(50)38(53)47-29-14-8-15-30(21-29)49-39-44-23-32(24-45-39)48-37(52)33-22-31(18-17-25(33)2)46-36(26-10-5-4-6-11-26)27-12-7-13-28(20-27)40(41,42)43/h3,7-8,12-15,17-18,20-24,34,46H,1,4-6,9-11,16,19H2,2H3,(H,47,53)(H,48,52)(H,44,45,49)/t34-/m0/s1. The number of likely N-dealkylation sites (tertiary alicyclic amines) is 1. The molecule has 4 N–H and O–H groups in total. The summed E-state index contributed by atoms with van der Waals surface area (Å²) < 4.78 is 40.8. The van der Waals surface area contributed by atoms with E-state index in [2.05, 4.69) is 37.8 Å². The second kappa shape index (κ2) is 16.1. The van der Waals surface area contributed by atoms with Gasteiger partial charge in [-0.3, -0.25) is 14.4 Å². The van der Waals surface area contributed by atoms with Crippen molar-refractivity contribution in [1.82, 2.24) is 14.9 Å². The monoisotopic (exact) mass is 723 g/mol. The van der Waals surface area contributed by atoms with Crippen molar-refractivity contribution in [2.45, 2.75) is 64.1 Å². The minimum Gasteiger partial charge on any atom is -0.355 e. The van der Waals surface area contributed by atoms with E-state index in [1.165, 1.54) is 35.5 Å². The number of hydrogen-bond acceptors (Lipinski definition) is 7. The Morgan fingerprint density at radius 1 is 0.830 bits per heavy atom. The molecule has 1 saturated carbocycles. The van der Waals surface area contributed by atoms with Gasteiger partial charge in [0.25, 0.3) is 5.91 Å². The van der Waals surface area contributed by atoms with Crippen LogP contribution in [0.1, 0.15) is 72.0 Å². The maximum absolute atomic E-state index is 13.6. The topological polar surface area (TPSA) is 128 Å². The molecule has 2 heterocycles. The van der Waals surface area contributed by atoms with Crippen LogP contribution in [0.3, 0.4) is 0 Å². The highest BCUT2D eigenvalue weighted by Crippen LogP contribution is 2.35. The summed E-state index contributed by atoms with van der Waals surface area (Å²) in [4.78, 5) is 48.7. The second-order valence-corrected chi connectivity index (χ2v) is 13.1. The van der Waals surface area contributed by atoms with Crippen LogP contribution in [0.5, 0.6) is 0 Å². The average molecular weight is 724 g/mol. The maximum Gasteiger partial charge on any atom is 0.416 e. The Bertz CT molecular complexity index is 2040. The molecule has 0 radical (unpaired) electrons. The van der Waals surface area contributed by atoms with Gasteiger partial charge in [-0.15, -0.1) is 0 Å². The van der Waals surface area contributed by atoms with Gasteiger partial charge >= 0.3 is 6.18 Å². The summed E-state index contributed by atoms with van der Waals surface area (Å²) in [7, 11) is 0. The molecule has 1 aromatic heterocycles. The van der Waals surface area contributed by atoms with Crippen LogP contribution in [0.15, 0.2) is 97.4 Å². The Hall–Kier alpha value is -5.98. The average Bonchev–Trinajstić information content (AvgIpc) is 3.66. The van der Waals surface area contributed by atoms with Crippen molar-refractivity contribution in [2.24, 2.45) is 0 Å². The normalized spacial score (nSPS) is 15.7. The zero-order chi connectivity index (χ0) is 37.5. The number of rotatable bonds is 10. The predicted molar refractivity (Wildman–Crippen MR) is 200 cm³/mol. The van der Waals surface area contributed by atoms with Gasteiger partial charge < -0.3 is 26.2 Å². The number of aryl methyl sites for hydroxylation is 1. The number of hydrogen-bond donors (Lipinski definition) is 4. The van der Waals surface area contributed by atoms with Crippen molar-refractivity contribution in [3.63, 3.8) is 0 Å². The molecule has 2 aliphatic rings. The maximum atomic E-state index is 13.6. The lowest BCUT2D eigenvalue weighted by molar-refractivity contribution is -0.137. The summed E-state index contributed by atoms with van der Waals surface area (Å²) in [5.74, 6) is -0.699. The molecule has 4 aromatic rings. The number of allylic oxidation sites excluding steroid dienone is 1. The van der Waals surface area contributed by atoms with Gasteiger partial charge in [0.2, 0.25) is 17.8 Å². The molecule has 1 aliphatic carbocycles. The fraction of sp³-hybridized carbons (Fsp3) is 0.275. The fourth-order valence-electron chi connectivity index (χ4n) is 6.64. The van der Waals surface area contributed by atoms with E-state index in [0.717, 1.165) is 50.2 Å². The third-order valence-electron chi connectivity index (χ3n) is 9.35. The molecule has 3 aromatic carbocycles. The van der Waals surface area contributed by atoms with Gasteiger partial charge in [0, 0.05) is 34.9 Å². The number of nitrogens with zero attached hydrogens (tertiary/aromatic N) is 3. The third-order valence-corrected chi connectivity index (χ3v) is 9.35. The van der Waals surface area contributed by atoms with E-state index >= 15 is 0 Å². The van der Waals surface area contributed by atoms with Crippen LogP contribution in [0, 0.1) is 6.92 Å². The molecule has 2 fully saturated rings. The molecule has 13 heteroatoms. The lowest BCUT2D eigenvalue weighted by Crippen LogP contribution is -2.42. The van der Waals surface area contributed by atoms with E-state index in [4.69, 9.17) is 0 Å². The molecule has 53 heavy (non-hydrogen) atoms. The Morgan fingerprint density at radius 3 is 2.28 bits per heavy atom. The van der Waals surface area contributed by atoms with Crippen LogP contribution >= 0.6 is 0 Å². The van der Waals surface area contributed by atoms with Crippen LogP contribution in [0.25, 0.3) is 5.70 Å². The molecule has 10 nitrogen and oxygen atoms in total. The van der Waals surface area contributed by atoms with Crippen molar-refractivity contribution >= 4 is 52.1 Å². The SMILES string of the molecule is C=CC(=O)N1CCC[C@H]1C(=O)Nc1cccc(Nc2ncc(NC(=O)c3cc(NC(=C4CCCCC4)c4cccc(C(F)(F)F)c4)ccc3C)cn2)c1. The first-order valence-electron chi connectivity index (χ1n) is 17.5. The second-order valence-electron chi connectivity index (χ2n) is 13.1. The van der Waals surface area contributed by atoms with Crippen LogP contribution in [0.4, 0.5) is 41.9 Å². The summed E-state index contributed by atoms with van der Waals surface area (Å²) in [6.07, 6.45) is 5.53. The highest BCUT2D eigenvalue weighted by Gasteiger charge is 2.33. The summed E-state index contributed by atoms with van der Waals surface area (Å²) in [5, 5.41) is 12.1. The van der Waals surface area contributed by atoms with E-state index in [0.29, 0.717) is 58.1 Å². The molecular formula is C40H40F3N7O3. The number of amides is 3. The van der Waals surface area contributed by atoms with Crippen molar-refractivity contribution < 1.29 is 27.6 Å². The minimum atomic E-state index is -4.47. The largest absolute Gasteiger partial charge is 0.416 e. The van der Waals surface area contributed by atoms with Crippen LogP contribution in [-0.4, -0.2) is 45.2 Å². The highest BCUT2D eigenvalue weighted by molar-refractivity contribution is 6.06. The lowest BCUT2D eigenvalue weighted by atomic mass is 9.90. The number of carbonyl (C=O) groups excluding carboxylic acids is 3. The zero-order valence-corrected chi connectivity index (χ0v) is 29.2. The van der Waals surface area contributed by atoms with Gasteiger partial charge in [0.1, 0.15) is 6.04 Å². The molecule has 1 saturated heterocycles. The van der Waals surface area contributed by atoms with Crippen molar-refractivity contribution in [3.05, 3.63) is 120 Å². The Kier molecular flexibility index (Phi) is 11.2. The van der Waals surface area contributed by atoms with Crippen molar-refractivity contribution in [1.29, 1.82) is 0 Å². The molecule has 274 valence electrons. The van der Waals surface area contributed by atoms with E-state index < -0.39 is 23.7 Å². The van der Waals surface area contributed by atoms with Gasteiger partial charge in [-0.2, -0.15) is 13.2 Å². The van der Waals surface area contributed by atoms with Gasteiger partial charge in [-0.1, -0.05) is 37.3 Å². The Labute approximate surface area is 305 Å². The highest BCUT2D eigenvalue weighted by atomic mass is 19.4. The van der Waals surface area contributed by atoms with E-state index in [9.17, 15) is 27.6 Å². The Balaban J connectivity index is 1.12. The first-order valence-corrected chi connectivity index (χ1v) is 17.5. The molecule has 0 bridgehead atoms. The van der Waals surface area contributed by atoms with Crippen LogP contribution in [-0.2, 0) is 15.8 Å². The van der Waals surface area contributed by atoms with Crippen LogP contribution in [0.2, 0.25) is 0 Å². The number of anilines is 5. The zero-order valence-electron chi connectivity index (χ0n) is 29.2. The summed E-state index contributed by atoms with van der Waals surface area (Å²) in [5.41, 5.74) is 4.57. The van der Waals surface area contributed by atoms with Crippen molar-refractivity contribution in [2.75, 3.05) is 27.8 Å². The number of nitrogens with one attached hydrogen (secondary N) is 4. The fourth-order valence-corrected chi connectivity index (χ4v) is 6.64. The summed E-state index contributed by atoms with van der Waals surface area (Å²) in [6.45, 7) is 5.83. The van der Waals surface area contributed by atoms with Gasteiger partial charge in [0.15, 0.2) is 0 Å². The first-order chi connectivity index (χ1) is 25.5. The minimum absolute atomic E-state index is 0.255. The molecule has 1 aliphatic heterocycles. The van der Waals surface area contributed by atoms with E-state index in [1.807, 2.05) is 0 Å². The number of halogens is 3. The molecule has 0 spiro atoms. The van der Waals surface area contributed by atoms with Crippen molar-refractivity contribution in [3.8, 4) is 0 Å². The molecule has 1 atom stereocenters. The summed E-state index contributed by atoms with van der Waals surface area (Å²) >= 11 is 0. The van der Waals surface area contributed by atoms with Crippen LogP contribution < -0.4 is 21.3 Å². The first kappa shape index (κ1) is 36.8. The molecule has 6 rings (SSSR count). The predicted octanol–water partition coefficient (Wildman–Crippen LogP) is 8.70. The van der Waals surface area contributed by atoms with Gasteiger partial charge in [0.05, 0.1) is 23.6 Å².